The first-order valence-corrected chi connectivity index (χ1v) is 8.28. The van der Waals surface area contributed by atoms with Gasteiger partial charge in [0.15, 0.2) is 0 Å². The van der Waals surface area contributed by atoms with Crippen molar-refractivity contribution in [3.63, 3.8) is 0 Å². The summed E-state index contributed by atoms with van der Waals surface area (Å²) in [7, 11) is 0. The number of thioether (sulfide) groups is 1. The molecule has 1 aromatic carbocycles. The van der Waals surface area contributed by atoms with E-state index < -0.39 is 0 Å². The van der Waals surface area contributed by atoms with E-state index in [0.717, 1.165) is 24.3 Å². The summed E-state index contributed by atoms with van der Waals surface area (Å²) in [4.78, 5) is 0. The minimum atomic E-state index is -0.275. The van der Waals surface area contributed by atoms with Crippen LogP contribution in [0.15, 0.2) is 18.2 Å². The predicted octanol–water partition coefficient (Wildman–Crippen LogP) is 4.53. The Kier molecular flexibility index (Phi) is 7.81. The molecule has 0 saturated heterocycles. The molecule has 1 N–H and O–H groups in total. The van der Waals surface area contributed by atoms with Crippen LogP contribution in [-0.4, -0.2) is 23.6 Å². The summed E-state index contributed by atoms with van der Waals surface area (Å²) >= 11 is 8.06. The Morgan fingerprint density at radius 3 is 2.68 bits per heavy atom. The van der Waals surface area contributed by atoms with Gasteiger partial charge in [-0.3, -0.25) is 0 Å². The lowest BCUT2D eigenvalue weighted by atomic mass is 10.1. The molecule has 0 aliphatic heterocycles. The minimum Gasteiger partial charge on any atom is -0.313 e. The first-order valence-electron chi connectivity index (χ1n) is 6.85. The highest BCUT2D eigenvalue weighted by Crippen LogP contribution is 2.21. The van der Waals surface area contributed by atoms with Crippen LogP contribution < -0.4 is 5.32 Å². The number of rotatable bonds is 8. The van der Waals surface area contributed by atoms with E-state index >= 15 is 0 Å². The molecule has 1 nitrogen and oxygen atoms in total. The molecule has 1 rings (SSSR count). The fourth-order valence-electron chi connectivity index (χ4n) is 1.83. The molecule has 0 aliphatic rings. The quantitative estimate of drug-likeness (QED) is 0.757. The number of hydrogen-bond donors (Lipinski definition) is 1. The van der Waals surface area contributed by atoms with Crippen LogP contribution in [0, 0.1) is 5.82 Å². The fourth-order valence-corrected chi connectivity index (χ4v) is 3.11. The molecule has 0 aromatic heterocycles. The molecule has 108 valence electrons. The second kappa shape index (κ2) is 8.83. The number of halogens is 2. The molecule has 1 aromatic rings. The number of likely N-dealkylation sites (N-methyl/N-ethyl adjacent to an activating group) is 1. The van der Waals surface area contributed by atoms with E-state index in [1.165, 1.54) is 18.6 Å². The van der Waals surface area contributed by atoms with Crippen LogP contribution in [-0.2, 0) is 6.42 Å². The highest BCUT2D eigenvalue weighted by Gasteiger charge is 2.13. The molecule has 0 saturated carbocycles. The van der Waals surface area contributed by atoms with Gasteiger partial charge in [-0.2, -0.15) is 11.8 Å². The third kappa shape index (κ3) is 6.15. The van der Waals surface area contributed by atoms with Gasteiger partial charge in [0.25, 0.3) is 0 Å². The third-order valence-electron chi connectivity index (χ3n) is 3.13. The van der Waals surface area contributed by atoms with Crippen molar-refractivity contribution in [3.8, 4) is 0 Å². The molecule has 2 atom stereocenters. The Morgan fingerprint density at radius 2 is 2.11 bits per heavy atom. The molecule has 0 radical (unpaired) electrons. The molecule has 4 heteroatoms. The molecular weight excluding hydrogens is 281 g/mol. The Morgan fingerprint density at radius 1 is 1.37 bits per heavy atom. The van der Waals surface area contributed by atoms with Crippen molar-refractivity contribution in [1.29, 1.82) is 0 Å². The second-order valence-electron chi connectivity index (χ2n) is 4.75. The summed E-state index contributed by atoms with van der Waals surface area (Å²) in [5.41, 5.74) is 1.01. The molecule has 2 unspecified atom stereocenters. The summed E-state index contributed by atoms with van der Waals surface area (Å²) < 4.78 is 13.0. The van der Waals surface area contributed by atoms with Crippen molar-refractivity contribution >= 4 is 23.4 Å². The third-order valence-corrected chi connectivity index (χ3v) is 4.98. The maximum Gasteiger partial charge on any atom is 0.124 e. The Hall–Kier alpha value is -0.250. The van der Waals surface area contributed by atoms with E-state index in [2.05, 4.69) is 26.1 Å². The lowest BCUT2D eigenvalue weighted by Crippen LogP contribution is -2.33. The van der Waals surface area contributed by atoms with Crippen molar-refractivity contribution in [2.75, 3.05) is 12.3 Å². The summed E-state index contributed by atoms with van der Waals surface area (Å²) in [6.07, 6.45) is 2.03. The zero-order chi connectivity index (χ0) is 14.3. The Bertz CT molecular complexity index is 386. The van der Waals surface area contributed by atoms with Crippen LogP contribution in [0.3, 0.4) is 0 Å². The topological polar surface area (TPSA) is 12.0 Å². The van der Waals surface area contributed by atoms with E-state index in [-0.39, 0.29) is 5.82 Å². The average molecular weight is 304 g/mol. The van der Waals surface area contributed by atoms with Gasteiger partial charge < -0.3 is 5.32 Å². The largest absolute Gasteiger partial charge is 0.313 e. The number of nitrogens with one attached hydrogen (secondary N) is 1. The number of benzene rings is 1. The van der Waals surface area contributed by atoms with Crippen LogP contribution >= 0.6 is 23.4 Å². The van der Waals surface area contributed by atoms with Gasteiger partial charge in [-0.15, -0.1) is 0 Å². The van der Waals surface area contributed by atoms with E-state index in [1.807, 2.05) is 11.8 Å². The molecule has 0 spiro atoms. The average Bonchev–Trinajstić information content (AvgIpc) is 2.38. The predicted molar refractivity (Wildman–Crippen MR) is 84.8 cm³/mol. The smallest absolute Gasteiger partial charge is 0.124 e. The zero-order valence-electron chi connectivity index (χ0n) is 11.9. The summed E-state index contributed by atoms with van der Waals surface area (Å²) in [6, 6.07) is 5.04. The van der Waals surface area contributed by atoms with Crippen LogP contribution in [0.2, 0.25) is 5.02 Å². The van der Waals surface area contributed by atoms with Gasteiger partial charge in [-0.05, 0) is 37.1 Å². The summed E-state index contributed by atoms with van der Waals surface area (Å²) in [5.74, 6) is 0.777. The van der Waals surface area contributed by atoms with Crippen LogP contribution in [0.25, 0.3) is 0 Å². The van der Waals surface area contributed by atoms with Crippen molar-refractivity contribution in [3.05, 3.63) is 34.6 Å². The normalized spacial score (nSPS) is 14.4. The van der Waals surface area contributed by atoms with Gasteiger partial charge in [0.1, 0.15) is 5.82 Å². The highest BCUT2D eigenvalue weighted by atomic mass is 35.5. The SMILES string of the molecule is CCNC(CSC(C)CC)Cc1ccc(F)cc1Cl. The van der Waals surface area contributed by atoms with Crippen molar-refractivity contribution in [1.82, 2.24) is 5.32 Å². The van der Waals surface area contributed by atoms with E-state index in [1.54, 1.807) is 6.07 Å². The maximum absolute atomic E-state index is 13.0. The van der Waals surface area contributed by atoms with Crippen molar-refractivity contribution in [2.24, 2.45) is 0 Å². The van der Waals surface area contributed by atoms with Crippen molar-refractivity contribution in [2.45, 2.75) is 44.9 Å². The molecular formula is C15H23ClFNS. The van der Waals surface area contributed by atoms with Gasteiger partial charge in [0.2, 0.25) is 0 Å². The van der Waals surface area contributed by atoms with Gasteiger partial charge >= 0.3 is 0 Å². The van der Waals surface area contributed by atoms with Crippen LogP contribution in [0.1, 0.15) is 32.8 Å². The molecule has 0 heterocycles. The monoisotopic (exact) mass is 303 g/mol. The van der Waals surface area contributed by atoms with Gasteiger partial charge in [-0.1, -0.05) is 38.4 Å². The molecule has 0 aliphatic carbocycles. The standard InChI is InChI=1S/C15H23ClFNS/c1-4-11(3)19-10-14(18-5-2)8-12-6-7-13(17)9-15(12)16/h6-7,9,11,14,18H,4-5,8,10H2,1-3H3. The number of hydrogen-bond acceptors (Lipinski definition) is 2. The highest BCUT2D eigenvalue weighted by molar-refractivity contribution is 7.99. The van der Waals surface area contributed by atoms with Gasteiger partial charge in [-0.25, -0.2) is 4.39 Å². The van der Waals surface area contributed by atoms with Gasteiger partial charge in [0.05, 0.1) is 0 Å². The summed E-state index contributed by atoms with van der Waals surface area (Å²) in [5, 5.41) is 4.67. The first-order chi connectivity index (χ1) is 9.06. The lowest BCUT2D eigenvalue weighted by Gasteiger charge is -2.20. The molecule has 0 bridgehead atoms. The zero-order valence-corrected chi connectivity index (χ0v) is 13.5. The van der Waals surface area contributed by atoms with Crippen LogP contribution in [0.4, 0.5) is 4.39 Å². The second-order valence-corrected chi connectivity index (χ2v) is 6.63. The van der Waals surface area contributed by atoms with Crippen LogP contribution in [0.5, 0.6) is 0 Å². The Balaban J connectivity index is 2.61. The molecule has 0 fully saturated rings. The Labute approximate surface area is 125 Å². The fraction of sp³-hybridized carbons (Fsp3) is 0.600. The lowest BCUT2D eigenvalue weighted by molar-refractivity contribution is 0.570. The molecule has 19 heavy (non-hydrogen) atoms. The minimum absolute atomic E-state index is 0.275. The van der Waals surface area contributed by atoms with E-state index in [0.29, 0.717) is 16.3 Å². The summed E-state index contributed by atoms with van der Waals surface area (Å²) in [6.45, 7) is 7.49. The van der Waals surface area contributed by atoms with Gasteiger partial charge in [0, 0.05) is 22.1 Å². The van der Waals surface area contributed by atoms with Crippen molar-refractivity contribution < 1.29 is 4.39 Å². The first kappa shape index (κ1) is 16.8. The molecule has 0 amide bonds. The maximum atomic E-state index is 13.0. The van der Waals surface area contributed by atoms with E-state index in [4.69, 9.17) is 11.6 Å². The van der Waals surface area contributed by atoms with E-state index in [9.17, 15) is 4.39 Å².